The van der Waals surface area contributed by atoms with Crippen LogP contribution in [0.3, 0.4) is 0 Å². The van der Waals surface area contributed by atoms with Gasteiger partial charge in [0.2, 0.25) is 0 Å². The van der Waals surface area contributed by atoms with E-state index in [2.05, 4.69) is 43.8 Å². The van der Waals surface area contributed by atoms with Crippen LogP contribution in [0, 0.1) is 0 Å². The molecule has 0 spiro atoms. The second-order valence-corrected chi connectivity index (χ2v) is 4.21. The van der Waals surface area contributed by atoms with Gasteiger partial charge in [-0.15, -0.1) is 0 Å². The first-order valence-electron chi connectivity index (χ1n) is 6.06. The SMILES string of the molecule is C=CN(C)/C=C(\CCCC)C1=CC(=C)NC=C1. The maximum atomic E-state index is 3.93. The molecule has 0 amide bonds. The molecule has 92 valence electrons. The molecule has 0 aromatic heterocycles. The van der Waals surface area contributed by atoms with E-state index in [1.165, 1.54) is 24.0 Å². The van der Waals surface area contributed by atoms with Crippen molar-refractivity contribution in [1.29, 1.82) is 0 Å². The lowest BCUT2D eigenvalue weighted by Gasteiger charge is -2.16. The second kappa shape index (κ2) is 6.79. The van der Waals surface area contributed by atoms with Gasteiger partial charge in [0.1, 0.15) is 0 Å². The number of nitrogens with zero attached hydrogens (tertiary/aromatic N) is 1. The Morgan fingerprint density at radius 3 is 2.88 bits per heavy atom. The van der Waals surface area contributed by atoms with E-state index in [0.29, 0.717) is 0 Å². The van der Waals surface area contributed by atoms with Gasteiger partial charge in [-0.05, 0) is 42.3 Å². The van der Waals surface area contributed by atoms with Gasteiger partial charge in [-0.3, -0.25) is 0 Å². The fraction of sp³-hybridized carbons (Fsp3) is 0.333. The van der Waals surface area contributed by atoms with Crippen LogP contribution < -0.4 is 5.32 Å². The molecule has 0 aromatic carbocycles. The van der Waals surface area contributed by atoms with Gasteiger partial charge < -0.3 is 10.2 Å². The summed E-state index contributed by atoms with van der Waals surface area (Å²) in [4.78, 5) is 1.99. The lowest BCUT2D eigenvalue weighted by molar-refractivity contribution is 0.615. The standard InChI is InChI=1S/C15H22N2/c1-5-7-8-15(12-17(4)6-2)14-9-10-16-13(3)11-14/h6,9-12,16H,2-3,5,7-8H2,1,4H3/b15-12+. The van der Waals surface area contributed by atoms with Gasteiger partial charge in [0.05, 0.1) is 0 Å². The highest BCUT2D eigenvalue weighted by Crippen LogP contribution is 2.22. The lowest BCUT2D eigenvalue weighted by Crippen LogP contribution is -2.08. The van der Waals surface area contributed by atoms with Crippen LogP contribution >= 0.6 is 0 Å². The average molecular weight is 230 g/mol. The highest BCUT2D eigenvalue weighted by Gasteiger charge is 2.06. The first-order valence-corrected chi connectivity index (χ1v) is 6.06. The topological polar surface area (TPSA) is 15.3 Å². The van der Waals surface area contributed by atoms with E-state index < -0.39 is 0 Å². The third-order valence-corrected chi connectivity index (χ3v) is 2.68. The predicted octanol–water partition coefficient (Wildman–Crippen LogP) is 3.69. The normalized spacial score (nSPS) is 15.3. The molecule has 0 atom stereocenters. The van der Waals surface area contributed by atoms with E-state index in [1.54, 1.807) is 0 Å². The highest BCUT2D eigenvalue weighted by molar-refractivity contribution is 5.46. The molecule has 1 rings (SSSR count). The van der Waals surface area contributed by atoms with Gasteiger partial charge in [0.25, 0.3) is 0 Å². The Bertz CT molecular complexity index is 372. The smallest absolute Gasteiger partial charge is 0.0312 e. The first-order chi connectivity index (χ1) is 8.17. The molecular formula is C15H22N2. The van der Waals surface area contributed by atoms with Crippen molar-refractivity contribution in [2.75, 3.05) is 7.05 Å². The van der Waals surface area contributed by atoms with Crippen LogP contribution in [0.1, 0.15) is 26.2 Å². The summed E-state index contributed by atoms with van der Waals surface area (Å²) < 4.78 is 0. The monoisotopic (exact) mass is 230 g/mol. The van der Waals surface area contributed by atoms with E-state index in [9.17, 15) is 0 Å². The van der Waals surface area contributed by atoms with Crippen LogP contribution in [0.4, 0.5) is 0 Å². The summed E-state index contributed by atoms with van der Waals surface area (Å²) in [6, 6.07) is 0. The molecule has 1 N–H and O–H groups in total. The molecule has 2 heteroatoms. The first kappa shape index (κ1) is 13.4. The van der Waals surface area contributed by atoms with E-state index in [0.717, 1.165) is 12.1 Å². The fourth-order valence-electron chi connectivity index (χ4n) is 1.66. The van der Waals surface area contributed by atoms with E-state index in [1.807, 2.05) is 24.3 Å². The summed E-state index contributed by atoms with van der Waals surface area (Å²) in [6.45, 7) is 9.90. The molecule has 2 nitrogen and oxygen atoms in total. The molecule has 1 aliphatic rings. The summed E-state index contributed by atoms with van der Waals surface area (Å²) in [5, 5.41) is 3.08. The van der Waals surface area contributed by atoms with Gasteiger partial charge in [0.15, 0.2) is 0 Å². The summed E-state index contributed by atoms with van der Waals surface area (Å²) in [5.41, 5.74) is 3.50. The van der Waals surface area contributed by atoms with E-state index >= 15 is 0 Å². The molecule has 17 heavy (non-hydrogen) atoms. The summed E-state index contributed by atoms with van der Waals surface area (Å²) >= 11 is 0. The molecule has 1 aliphatic heterocycles. The van der Waals surface area contributed by atoms with Gasteiger partial charge in [0, 0.05) is 25.1 Å². The third kappa shape index (κ3) is 4.35. The van der Waals surface area contributed by atoms with Gasteiger partial charge in [-0.1, -0.05) is 26.5 Å². The Morgan fingerprint density at radius 2 is 2.29 bits per heavy atom. The summed E-state index contributed by atoms with van der Waals surface area (Å²) in [7, 11) is 2.00. The maximum absolute atomic E-state index is 3.93. The summed E-state index contributed by atoms with van der Waals surface area (Å²) in [6.07, 6.45) is 13.5. The molecule has 1 heterocycles. The van der Waals surface area contributed by atoms with Gasteiger partial charge in [-0.25, -0.2) is 0 Å². The van der Waals surface area contributed by atoms with Crippen molar-refractivity contribution in [3.8, 4) is 0 Å². The molecule has 0 fully saturated rings. The van der Waals surface area contributed by atoms with Gasteiger partial charge in [-0.2, -0.15) is 0 Å². The average Bonchev–Trinajstić information content (AvgIpc) is 2.34. The van der Waals surface area contributed by atoms with Crippen LogP contribution in [0.25, 0.3) is 0 Å². The zero-order valence-electron chi connectivity index (χ0n) is 10.9. The van der Waals surface area contributed by atoms with Crippen LogP contribution in [0.15, 0.2) is 60.8 Å². The molecule has 0 aromatic rings. The Labute approximate surface area is 105 Å². The second-order valence-electron chi connectivity index (χ2n) is 4.21. The van der Waals surface area contributed by atoms with Crippen molar-refractivity contribution in [3.63, 3.8) is 0 Å². The van der Waals surface area contributed by atoms with Crippen molar-refractivity contribution in [3.05, 3.63) is 60.8 Å². The lowest BCUT2D eigenvalue weighted by atomic mass is 9.99. The molecule has 0 saturated heterocycles. The zero-order chi connectivity index (χ0) is 12.7. The van der Waals surface area contributed by atoms with Crippen LogP contribution in [0.2, 0.25) is 0 Å². The van der Waals surface area contributed by atoms with Crippen molar-refractivity contribution >= 4 is 0 Å². The number of hydrogen-bond donors (Lipinski definition) is 1. The summed E-state index contributed by atoms with van der Waals surface area (Å²) in [5.74, 6) is 0. The molecule has 0 radical (unpaired) electrons. The number of nitrogens with one attached hydrogen (secondary N) is 1. The molecule has 0 bridgehead atoms. The maximum Gasteiger partial charge on any atom is 0.0312 e. The van der Waals surface area contributed by atoms with E-state index in [4.69, 9.17) is 0 Å². The highest BCUT2D eigenvalue weighted by atomic mass is 15.0. The number of hydrogen-bond acceptors (Lipinski definition) is 2. The quantitative estimate of drug-likeness (QED) is 0.748. The largest absolute Gasteiger partial charge is 0.362 e. The van der Waals surface area contributed by atoms with Crippen molar-refractivity contribution < 1.29 is 0 Å². The van der Waals surface area contributed by atoms with Crippen molar-refractivity contribution in [2.45, 2.75) is 26.2 Å². The third-order valence-electron chi connectivity index (χ3n) is 2.68. The minimum Gasteiger partial charge on any atom is -0.362 e. The van der Waals surface area contributed by atoms with Crippen molar-refractivity contribution in [1.82, 2.24) is 10.2 Å². The molecular weight excluding hydrogens is 208 g/mol. The van der Waals surface area contributed by atoms with E-state index in [-0.39, 0.29) is 0 Å². The Balaban J connectivity index is 2.89. The van der Waals surface area contributed by atoms with Gasteiger partial charge >= 0.3 is 0 Å². The predicted molar refractivity (Wildman–Crippen MR) is 75.1 cm³/mol. The fourth-order valence-corrected chi connectivity index (χ4v) is 1.66. The number of allylic oxidation sites excluding steroid dienone is 4. The molecule has 0 unspecified atom stereocenters. The molecule has 0 aliphatic carbocycles. The van der Waals surface area contributed by atoms with Crippen LogP contribution in [-0.2, 0) is 0 Å². The van der Waals surface area contributed by atoms with Crippen LogP contribution in [-0.4, -0.2) is 11.9 Å². The number of unbranched alkanes of at least 4 members (excludes halogenated alkanes) is 1. The Hall–Kier alpha value is -1.70. The molecule has 0 saturated carbocycles. The minimum absolute atomic E-state index is 0.936. The Kier molecular flexibility index (Phi) is 5.34. The minimum atomic E-state index is 0.936. The number of rotatable bonds is 6. The number of dihydropyridines is 1. The van der Waals surface area contributed by atoms with Crippen molar-refractivity contribution in [2.24, 2.45) is 0 Å². The van der Waals surface area contributed by atoms with Crippen LogP contribution in [0.5, 0.6) is 0 Å². The zero-order valence-corrected chi connectivity index (χ0v) is 10.9. The Morgan fingerprint density at radius 1 is 1.53 bits per heavy atom.